The molecule has 2 rings (SSSR count). The second kappa shape index (κ2) is 2.99. The molecule has 0 amide bonds. The number of benzene rings is 1. The Morgan fingerprint density at radius 3 is 2.36 bits per heavy atom. The molecule has 0 fully saturated rings. The quantitative estimate of drug-likeness (QED) is 0.642. The zero-order valence-corrected chi connectivity index (χ0v) is 7.28. The average Bonchev–Trinajstić information content (AvgIpc) is 2.43. The van der Waals surface area contributed by atoms with Gasteiger partial charge in [-0.15, -0.1) is 0 Å². The van der Waals surface area contributed by atoms with E-state index in [0.29, 0.717) is 5.57 Å². The van der Waals surface area contributed by atoms with E-state index in [4.69, 9.17) is 11.1 Å². The van der Waals surface area contributed by atoms with Gasteiger partial charge in [0.1, 0.15) is 0 Å². The van der Waals surface area contributed by atoms with Crippen molar-refractivity contribution in [3.63, 3.8) is 0 Å². The Morgan fingerprint density at radius 2 is 1.86 bits per heavy atom. The van der Waals surface area contributed by atoms with Crippen LogP contribution in [0, 0.1) is 5.41 Å². The maximum absolute atomic E-state index is 11.0. The van der Waals surface area contributed by atoms with Gasteiger partial charge in [0.05, 0.1) is 5.57 Å². The molecule has 0 aliphatic carbocycles. The number of hydrogen-bond acceptors (Lipinski definition) is 4. The highest BCUT2D eigenvalue weighted by Crippen LogP contribution is 2.23. The molecule has 0 saturated carbocycles. The van der Waals surface area contributed by atoms with E-state index in [1.54, 1.807) is 12.1 Å². The van der Waals surface area contributed by atoms with Crippen molar-refractivity contribution in [1.29, 1.82) is 5.41 Å². The molecule has 0 spiro atoms. The number of nitrogens with one attached hydrogen (secondary N) is 1. The predicted octanol–water partition coefficient (Wildman–Crippen LogP) is 0.890. The van der Waals surface area contributed by atoms with E-state index in [-0.39, 0.29) is 11.6 Å². The first-order valence-electron chi connectivity index (χ1n) is 4.06. The predicted molar refractivity (Wildman–Crippen MR) is 51.4 cm³/mol. The molecule has 0 radical (unpaired) electrons. The Balaban J connectivity index is 2.50. The molecular formula is C10H8N2O2. The summed E-state index contributed by atoms with van der Waals surface area (Å²) in [7, 11) is 0. The molecule has 0 aromatic heterocycles. The summed E-state index contributed by atoms with van der Waals surface area (Å²) >= 11 is 0. The van der Waals surface area contributed by atoms with Gasteiger partial charge in [0.25, 0.3) is 0 Å². The molecule has 4 nitrogen and oxygen atoms in total. The lowest BCUT2D eigenvalue weighted by atomic mass is 10.0. The van der Waals surface area contributed by atoms with Crippen molar-refractivity contribution < 1.29 is 9.53 Å². The number of hydrogen-bond donors (Lipinski definition) is 2. The number of nitrogens with two attached hydrogens (primary N) is 1. The van der Waals surface area contributed by atoms with Crippen LogP contribution in [-0.4, -0.2) is 11.7 Å². The third kappa shape index (κ3) is 1.17. The largest absolute Gasteiger partial charge is 0.405 e. The number of carbonyl (C=O) groups excluding carboxylic acids is 1. The smallest absolute Gasteiger partial charge is 0.363 e. The van der Waals surface area contributed by atoms with Crippen molar-refractivity contribution in [3.05, 3.63) is 41.8 Å². The van der Waals surface area contributed by atoms with Crippen LogP contribution in [0.25, 0.3) is 5.57 Å². The van der Waals surface area contributed by atoms with Crippen molar-refractivity contribution >= 4 is 17.3 Å². The second-order valence-corrected chi connectivity index (χ2v) is 2.87. The van der Waals surface area contributed by atoms with Gasteiger partial charge in [0, 0.05) is 0 Å². The van der Waals surface area contributed by atoms with Gasteiger partial charge in [-0.05, 0) is 5.56 Å². The lowest BCUT2D eigenvalue weighted by molar-refractivity contribution is -0.130. The third-order valence-electron chi connectivity index (χ3n) is 1.97. The van der Waals surface area contributed by atoms with Gasteiger partial charge in [-0.3, -0.25) is 5.41 Å². The molecule has 1 aliphatic rings. The molecule has 70 valence electrons. The first-order chi connectivity index (χ1) is 6.70. The number of ether oxygens (including phenoxy) is 1. The van der Waals surface area contributed by atoms with E-state index in [0.717, 1.165) is 5.56 Å². The lowest BCUT2D eigenvalue weighted by Crippen LogP contribution is -2.08. The van der Waals surface area contributed by atoms with Crippen LogP contribution < -0.4 is 5.73 Å². The van der Waals surface area contributed by atoms with Gasteiger partial charge in [-0.2, -0.15) is 0 Å². The normalized spacial score (nSPS) is 16.0. The molecule has 1 aliphatic heterocycles. The van der Waals surface area contributed by atoms with E-state index in [1.807, 2.05) is 18.2 Å². The lowest BCUT2D eigenvalue weighted by Gasteiger charge is -1.99. The fourth-order valence-corrected chi connectivity index (χ4v) is 1.32. The summed E-state index contributed by atoms with van der Waals surface area (Å²) in [5.74, 6) is -0.687. The fourth-order valence-electron chi connectivity index (χ4n) is 1.32. The Bertz CT molecular complexity index is 435. The van der Waals surface area contributed by atoms with Crippen molar-refractivity contribution in [2.45, 2.75) is 0 Å². The summed E-state index contributed by atoms with van der Waals surface area (Å²) in [5, 5.41) is 7.47. The molecule has 0 atom stereocenters. The molecule has 0 unspecified atom stereocenters. The minimum Gasteiger partial charge on any atom is -0.405 e. The van der Waals surface area contributed by atoms with Crippen LogP contribution in [-0.2, 0) is 9.53 Å². The monoisotopic (exact) mass is 188 g/mol. The first kappa shape index (κ1) is 8.50. The molecule has 4 heteroatoms. The highest BCUT2D eigenvalue weighted by molar-refractivity contribution is 6.55. The zero-order chi connectivity index (χ0) is 10.1. The third-order valence-corrected chi connectivity index (χ3v) is 1.97. The molecule has 14 heavy (non-hydrogen) atoms. The Kier molecular flexibility index (Phi) is 1.81. The van der Waals surface area contributed by atoms with Gasteiger partial charge in [0.2, 0.25) is 5.88 Å². The van der Waals surface area contributed by atoms with Crippen LogP contribution in [0.1, 0.15) is 5.56 Å². The van der Waals surface area contributed by atoms with Crippen molar-refractivity contribution in [1.82, 2.24) is 0 Å². The van der Waals surface area contributed by atoms with Crippen molar-refractivity contribution in [2.24, 2.45) is 5.73 Å². The Hall–Kier alpha value is -2.10. The number of rotatable bonds is 1. The summed E-state index contributed by atoms with van der Waals surface area (Å²) in [4.78, 5) is 11.0. The molecule has 1 aromatic carbocycles. The summed E-state index contributed by atoms with van der Waals surface area (Å²) in [6.07, 6.45) is 0. The number of carbonyl (C=O) groups is 1. The average molecular weight is 188 g/mol. The van der Waals surface area contributed by atoms with Crippen LogP contribution in [0.4, 0.5) is 0 Å². The van der Waals surface area contributed by atoms with E-state index in [2.05, 4.69) is 4.74 Å². The van der Waals surface area contributed by atoms with Gasteiger partial charge < -0.3 is 10.5 Å². The summed E-state index contributed by atoms with van der Waals surface area (Å²) < 4.78 is 4.63. The van der Waals surface area contributed by atoms with Crippen LogP contribution >= 0.6 is 0 Å². The fraction of sp³-hybridized carbons (Fsp3) is 0. The standard InChI is InChI=1S/C10H8N2O2/c11-8-7(9(12)14-10(8)13)6-4-2-1-3-5-6/h1-5,11H,12H2. The number of cyclic esters (lactones) is 1. The van der Waals surface area contributed by atoms with E-state index in [9.17, 15) is 4.79 Å². The molecule has 1 heterocycles. The van der Waals surface area contributed by atoms with E-state index < -0.39 is 5.97 Å². The molecule has 0 bridgehead atoms. The van der Waals surface area contributed by atoms with E-state index in [1.165, 1.54) is 0 Å². The van der Waals surface area contributed by atoms with Crippen LogP contribution in [0.5, 0.6) is 0 Å². The molecule has 3 N–H and O–H groups in total. The van der Waals surface area contributed by atoms with Crippen LogP contribution in [0.2, 0.25) is 0 Å². The summed E-state index contributed by atoms with van der Waals surface area (Å²) in [6, 6.07) is 9.02. The Labute approximate surface area is 80.5 Å². The molecule has 1 aromatic rings. The zero-order valence-electron chi connectivity index (χ0n) is 7.28. The van der Waals surface area contributed by atoms with E-state index >= 15 is 0 Å². The summed E-state index contributed by atoms with van der Waals surface area (Å²) in [6.45, 7) is 0. The highest BCUT2D eigenvalue weighted by atomic mass is 16.6. The van der Waals surface area contributed by atoms with Crippen molar-refractivity contribution in [3.8, 4) is 0 Å². The SMILES string of the molecule is N=C1C(=O)OC(N)=C1c1ccccc1. The maximum atomic E-state index is 11.0. The highest BCUT2D eigenvalue weighted by Gasteiger charge is 2.29. The topological polar surface area (TPSA) is 76.2 Å². The van der Waals surface area contributed by atoms with Gasteiger partial charge in [-0.1, -0.05) is 30.3 Å². The van der Waals surface area contributed by atoms with Crippen LogP contribution in [0.3, 0.4) is 0 Å². The number of esters is 1. The maximum Gasteiger partial charge on any atom is 0.363 e. The Morgan fingerprint density at radius 1 is 1.21 bits per heavy atom. The van der Waals surface area contributed by atoms with Crippen molar-refractivity contribution in [2.75, 3.05) is 0 Å². The van der Waals surface area contributed by atoms with Gasteiger partial charge in [0.15, 0.2) is 5.71 Å². The minimum absolute atomic E-state index is 0.00574. The first-order valence-corrected chi connectivity index (χ1v) is 4.06. The van der Waals surface area contributed by atoms with Crippen LogP contribution in [0.15, 0.2) is 36.2 Å². The van der Waals surface area contributed by atoms with Gasteiger partial charge in [-0.25, -0.2) is 4.79 Å². The molecule has 0 saturated heterocycles. The minimum atomic E-state index is -0.693. The second-order valence-electron chi connectivity index (χ2n) is 2.87. The summed E-state index contributed by atoms with van der Waals surface area (Å²) in [5.41, 5.74) is 6.40. The molecular weight excluding hydrogens is 180 g/mol. The van der Waals surface area contributed by atoms with Gasteiger partial charge >= 0.3 is 5.97 Å².